The first-order chi connectivity index (χ1) is 9.35. The molecule has 0 heterocycles. The van der Waals surface area contributed by atoms with E-state index in [9.17, 15) is 4.79 Å². The van der Waals surface area contributed by atoms with Crippen LogP contribution < -0.4 is 9.47 Å². The number of ether oxygens (including phenoxy) is 3. The van der Waals surface area contributed by atoms with Gasteiger partial charge in [0, 0.05) is 0 Å². The summed E-state index contributed by atoms with van der Waals surface area (Å²) >= 11 is 6.10. The topological polar surface area (TPSA) is 65.0 Å². The first-order valence-electron chi connectivity index (χ1n) is 6.04. The van der Waals surface area contributed by atoms with Gasteiger partial charge in [-0.3, -0.25) is 4.79 Å². The minimum absolute atomic E-state index is 0.0915. The van der Waals surface area contributed by atoms with Crippen molar-refractivity contribution in [3.63, 3.8) is 0 Å². The average molecular weight is 303 g/mol. The molecular weight excluding hydrogens is 284 g/mol. The van der Waals surface area contributed by atoms with Crippen molar-refractivity contribution in [1.82, 2.24) is 0 Å². The summed E-state index contributed by atoms with van der Waals surface area (Å²) in [5.41, 5.74) is -0.190. The van der Waals surface area contributed by atoms with Crippen LogP contribution in [0.1, 0.15) is 19.4 Å². The summed E-state index contributed by atoms with van der Waals surface area (Å²) in [4.78, 5) is 11.6. The maximum absolute atomic E-state index is 11.6. The molecule has 20 heavy (non-hydrogen) atoms. The van der Waals surface area contributed by atoms with Gasteiger partial charge < -0.3 is 19.3 Å². The first-order valence-corrected chi connectivity index (χ1v) is 6.42. The van der Waals surface area contributed by atoms with E-state index in [1.165, 1.54) is 14.2 Å². The van der Waals surface area contributed by atoms with E-state index in [-0.39, 0.29) is 19.2 Å². The van der Waals surface area contributed by atoms with Gasteiger partial charge in [0.2, 0.25) is 0 Å². The molecule has 0 amide bonds. The number of methoxy groups -OCH3 is 2. The van der Waals surface area contributed by atoms with E-state index >= 15 is 0 Å². The van der Waals surface area contributed by atoms with E-state index in [4.69, 9.17) is 30.9 Å². The SMILES string of the molecule is COC(=O)C(C)(C)COc1c(Cl)cc(CO)cc1OC. The highest BCUT2D eigenvalue weighted by atomic mass is 35.5. The van der Waals surface area contributed by atoms with E-state index in [1.807, 2.05) is 0 Å². The van der Waals surface area contributed by atoms with Gasteiger partial charge in [-0.15, -0.1) is 0 Å². The second kappa shape index (κ2) is 6.81. The number of carbonyl (C=O) groups excluding carboxylic acids is 1. The number of rotatable bonds is 6. The zero-order valence-corrected chi connectivity index (χ0v) is 12.8. The number of carbonyl (C=O) groups is 1. The number of halogens is 1. The van der Waals surface area contributed by atoms with Crippen LogP contribution in [-0.4, -0.2) is 31.9 Å². The van der Waals surface area contributed by atoms with Gasteiger partial charge in [0.25, 0.3) is 0 Å². The molecule has 1 rings (SSSR count). The Morgan fingerprint density at radius 3 is 2.50 bits per heavy atom. The average Bonchev–Trinajstić information content (AvgIpc) is 2.43. The fourth-order valence-electron chi connectivity index (χ4n) is 1.59. The molecule has 0 fully saturated rings. The monoisotopic (exact) mass is 302 g/mol. The summed E-state index contributed by atoms with van der Waals surface area (Å²) in [6, 6.07) is 3.22. The largest absolute Gasteiger partial charge is 0.493 e. The van der Waals surface area contributed by atoms with Gasteiger partial charge in [0.1, 0.15) is 6.61 Å². The van der Waals surface area contributed by atoms with Gasteiger partial charge >= 0.3 is 5.97 Å². The van der Waals surface area contributed by atoms with Gasteiger partial charge in [-0.05, 0) is 31.5 Å². The molecule has 0 radical (unpaired) electrons. The molecule has 0 atom stereocenters. The van der Waals surface area contributed by atoms with E-state index < -0.39 is 5.41 Å². The van der Waals surface area contributed by atoms with Gasteiger partial charge in [-0.2, -0.15) is 0 Å². The molecule has 0 aliphatic heterocycles. The predicted molar refractivity (Wildman–Crippen MR) is 75.2 cm³/mol. The third-order valence-electron chi connectivity index (χ3n) is 2.79. The molecule has 0 spiro atoms. The molecule has 0 unspecified atom stereocenters. The molecule has 0 aliphatic carbocycles. The molecule has 6 heteroatoms. The zero-order chi connectivity index (χ0) is 15.3. The summed E-state index contributed by atoms with van der Waals surface area (Å²) in [5.74, 6) is 0.366. The lowest BCUT2D eigenvalue weighted by Crippen LogP contribution is -2.32. The number of benzene rings is 1. The normalized spacial score (nSPS) is 11.1. The van der Waals surface area contributed by atoms with Crippen LogP contribution in [0.3, 0.4) is 0 Å². The lowest BCUT2D eigenvalue weighted by Gasteiger charge is -2.23. The second-order valence-corrected chi connectivity index (χ2v) is 5.34. The summed E-state index contributed by atoms with van der Waals surface area (Å²) in [7, 11) is 2.80. The van der Waals surface area contributed by atoms with Gasteiger partial charge in [-0.25, -0.2) is 0 Å². The molecule has 5 nitrogen and oxygen atoms in total. The third-order valence-corrected chi connectivity index (χ3v) is 3.07. The predicted octanol–water partition coefficient (Wildman–Crippen LogP) is 2.42. The van der Waals surface area contributed by atoms with E-state index in [0.717, 1.165) is 0 Å². The van der Waals surface area contributed by atoms with Crippen molar-refractivity contribution in [1.29, 1.82) is 0 Å². The molecule has 0 bridgehead atoms. The molecule has 0 aliphatic rings. The number of hydrogen-bond donors (Lipinski definition) is 1. The molecule has 1 aromatic carbocycles. The van der Waals surface area contributed by atoms with Gasteiger partial charge in [-0.1, -0.05) is 11.6 Å². The molecule has 1 aromatic rings. The fourth-order valence-corrected chi connectivity index (χ4v) is 1.88. The lowest BCUT2D eigenvalue weighted by atomic mass is 9.95. The van der Waals surface area contributed by atoms with Gasteiger partial charge in [0.15, 0.2) is 11.5 Å². The minimum Gasteiger partial charge on any atom is -0.493 e. The van der Waals surface area contributed by atoms with Crippen molar-refractivity contribution in [3.05, 3.63) is 22.7 Å². The Balaban J connectivity index is 2.95. The quantitative estimate of drug-likeness (QED) is 0.818. The smallest absolute Gasteiger partial charge is 0.314 e. The van der Waals surface area contributed by atoms with Crippen molar-refractivity contribution in [3.8, 4) is 11.5 Å². The molecular formula is C14H19ClO5. The Morgan fingerprint density at radius 2 is 2.00 bits per heavy atom. The van der Waals surface area contributed by atoms with Crippen LogP contribution in [0.2, 0.25) is 5.02 Å². The number of aliphatic hydroxyl groups excluding tert-OH is 1. The Labute approximate surface area is 123 Å². The second-order valence-electron chi connectivity index (χ2n) is 4.93. The fraction of sp³-hybridized carbons (Fsp3) is 0.500. The van der Waals surface area contributed by atoms with Crippen molar-refractivity contribution >= 4 is 17.6 Å². The van der Waals surface area contributed by atoms with Crippen LogP contribution in [0, 0.1) is 5.41 Å². The number of aliphatic hydroxyl groups is 1. The summed E-state index contributed by atoms with van der Waals surface area (Å²) < 4.78 is 15.5. The maximum Gasteiger partial charge on any atom is 0.314 e. The van der Waals surface area contributed by atoms with Crippen molar-refractivity contribution in [2.45, 2.75) is 20.5 Å². The highest BCUT2D eigenvalue weighted by molar-refractivity contribution is 6.32. The van der Waals surface area contributed by atoms with Crippen molar-refractivity contribution in [2.75, 3.05) is 20.8 Å². The highest BCUT2D eigenvalue weighted by Crippen LogP contribution is 2.37. The third kappa shape index (κ3) is 3.77. The van der Waals surface area contributed by atoms with Crippen LogP contribution in [0.25, 0.3) is 0 Å². The van der Waals surface area contributed by atoms with Crippen LogP contribution in [0.4, 0.5) is 0 Å². The first kappa shape index (κ1) is 16.6. The van der Waals surface area contributed by atoms with Crippen LogP contribution in [-0.2, 0) is 16.1 Å². The van der Waals surface area contributed by atoms with Crippen LogP contribution in [0.5, 0.6) is 11.5 Å². The molecule has 0 saturated heterocycles. The van der Waals surface area contributed by atoms with Crippen molar-refractivity contribution in [2.24, 2.45) is 5.41 Å². The van der Waals surface area contributed by atoms with Crippen LogP contribution in [0.15, 0.2) is 12.1 Å². The standard InChI is InChI=1S/C14H19ClO5/c1-14(2,13(17)19-4)8-20-12-10(15)5-9(7-16)6-11(12)18-3/h5-6,16H,7-8H2,1-4H3. The highest BCUT2D eigenvalue weighted by Gasteiger charge is 2.30. The summed E-state index contributed by atoms with van der Waals surface area (Å²) in [6.07, 6.45) is 0. The maximum atomic E-state index is 11.6. The number of esters is 1. The van der Waals surface area contributed by atoms with E-state index in [0.29, 0.717) is 22.1 Å². The Hall–Kier alpha value is -1.46. The molecule has 1 N–H and O–H groups in total. The summed E-state index contributed by atoms with van der Waals surface area (Å²) in [6.45, 7) is 3.36. The van der Waals surface area contributed by atoms with Crippen LogP contribution >= 0.6 is 11.6 Å². The number of hydrogen-bond acceptors (Lipinski definition) is 5. The lowest BCUT2D eigenvalue weighted by molar-refractivity contribution is -0.152. The molecule has 0 saturated carbocycles. The van der Waals surface area contributed by atoms with E-state index in [1.54, 1.807) is 26.0 Å². The van der Waals surface area contributed by atoms with E-state index in [2.05, 4.69) is 0 Å². The summed E-state index contributed by atoms with van der Waals surface area (Å²) in [5, 5.41) is 9.43. The van der Waals surface area contributed by atoms with Gasteiger partial charge in [0.05, 0.1) is 31.3 Å². The molecule has 112 valence electrons. The Kier molecular flexibility index (Phi) is 5.65. The Morgan fingerprint density at radius 1 is 1.35 bits per heavy atom. The molecule has 0 aromatic heterocycles. The Bertz CT molecular complexity index is 485. The van der Waals surface area contributed by atoms with Crippen molar-refractivity contribution < 1.29 is 24.1 Å². The minimum atomic E-state index is -0.807. The zero-order valence-electron chi connectivity index (χ0n) is 12.0.